The fraction of sp³-hybridized carbons (Fsp3) is 0.778. The van der Waals surface area contributed by atoms with Gasteiger partial charge in [-0.1, -0.05) is 121 Å². The molecule has 2 rings (SSSR count). The van der Waals surface area contributed by atoms with Crippen LogP contribution in [0.5, 0.6) is 0 Å². The van der Waals surface area contributed by atoms with Crippen LogP contribution in [-0.4, -0.2) is 38.3 Å². The Morgan fingerprint density at radius 2 is 1.32 bits per heavy atom. The lowest BCUT2D eigenvalue weighted by Crippen LogP contribution is -2.50. The average molecular weight is 454 g/mol. The number of unbranched alkanes of at least 4 members (excludes halogenated alkanes) is 13. The molecule has 0 bridgehead atoms. The molecule has 0 amide bonds. The van der Waals surface area contributed by atoms with Gasteiger partial charge in [0.2, 0.25) is 5.79 Å². The van der Waals surface area contributed by atoms with Crippen molar-refractivity contribution >= 4 is 12.4 Å². The molecule has 1 fully saturated rings. The Labute approximate surface area is 198 Å². The summed E-state index contributed by atoms with van der Waals surface area (Å²) in [5.41, 5.74) is 1.14. The summed E-state index contributed by atoms with van der Waals surface area (Å²) in [6.45, 7) is 5.56. The van der Waals surface area contributed by atoms with Gasteiger partial charge in [-0.25, -0.2) is 0 Å². The van der Waals surface area contributed by atoms with Crippen LogP contribution in [0.3, 0.4) is 0 Å². The smallest absolute Gasteiger partial charge is 0.208 e. The zero-order valence-corrected chi connectivity index (χ0v) is 21.1. The Balaban J connectivity index is 0.00000480. The van der Waals surface area contributed by atoms with Crippen molar-refractivity contribution in [3.63, 3.8) is 0 Å². The number of hydrogen-bond donors (Lipinski definition) is 0. The Morgan fingerprint density at radius 3 is 1.84 bits per heavy atom. The number of morpholine rings is 1. The Kier molecular flexibility index (Phi) is 16.4. The molecule has 1 unspecified atom stereocenters. The molecule has 1 saturated heterocycles. The molecule has 0 spiro atoms. The predicted octanol–water partition coefficient (Wildman–Crippen LogP) is 7.72. The first kappa shape index (κ1) is 28.4. The van der Waals surface area contributed by atoms with E-state index in [1.54, 1.807) is 0 Å². The standard InChI is InChI=1S/C27H47NO2.ClH/c1-3-4-5-6-7-8-9-10-11-12-13-14-15-19-23-29-27(25-28(2)22-24-30-27)26-20-17-16-18-21-26;/h16-18,20-21H,3-15,19,22-25H2,1-2H3;1H. The molecule has 1 aliphatic heterocycles. The van der Waals surface area contributed by atoms with E-state index in [2.05, 4.69) is 49.2 Å². The normalized spacial score (nSPS) is 19.3. The monoisotopic (exact) mass is 453 g/mol. The zero-order valence-electron chi connectivity index (χ0n) is 20.3. The fourth-order valence-electron chi connectivity index (χ4n) is 4.42. The van der Waals surface area contributed by atoms with E-state index in [1.807, 2.05) is 0 Å². The summed E-state index contributed by atoms with van der Waals surface area (Å²) in [6, 6.07) is 10.5. The van der Waals surface area contributed by atoms with Gasteiger partial charge in [-0.05, 0) is 13.5 Å². The molecule has 4 heteroatoms. The highest BCUT2D eigenvalue weighted by Crippen LogP contribution is 2.31. The van der Waals surface area contributed by atoms with E-state index in [0.717, 1.165) is 38.3 Å². The van der Waals surface area contributed by atoms with Crippen molar-refractivity contribution in [2.24, 2.45) is 0 Å². The first-order valence-electron chi connectivity index (χ1n) is 12.8. The molecule has 1 aliphatic rings. The third-order valence-electron chi connectivity index (χ3n) is 6.33. The van der Waals surface area contributed by atoms with Crippen molar-refractivity contribution in [3.8, 4) is 0 Å². The van der Waals surface area contributed by atoms with Gasteiger partial charge in [0.05, 0.1) is 19.8 Å². The number of rotatable bonds is 17. The SMILES string of the molecule is CCCCCCCCCCCCCCCCOC1(c2ccccc2)CN(C)CCO1.Cl. The Hall–Kier alpha value is -0.610. The molecular weight excluding hydrogens is 406 g/mol. The molecule has 0 saturated carbocycles. The first-order chi connectivity index (χ1) is 14.8. The van der Waals surface area contributed by atoms with Crippen LogP contribution in [-0.2, 0) is 15.3 Å². The van der Waals surface area contributed by atoms with Crippen molar-refractivity contribution < 1.29 is 9.47 Å². The van der Waals surface area contributed by atoms with Crippen LogP contribution in [0.2, 0.25) is 0 Å². The van der Waals surface area contributed by atoms with Gasteiger partial charge >= 0.3 is 0 Å². The minimum atomic E-state index is -0.592. The topological polar surface area (TPSA) is 21.7 Å². The number of nitrogens with zero attached hydrogens (tertiary/aromatic N) is 1. The molecular formula is C27H48ClNO2. The summed E-state index contributed by atoms with van der Waals surface area (Å²) >= 11 is 0. The second-order valence-electron chi connectivity index (χ2n) is 9.15. The molecule has 1 aromatic rings. The second kappa shape index (κ2) is 17.9. The van der Waals surface area contributed by atoms with E-state index in [9.17, 15) is 0 Å². The van der Waals surface area contributed by atoms with Crippen LogP contribution in [0.1, 0.15) is 102 Å². The highest BCUT2D eigenvalue weighted by Gasteiger charge is 2.38. The third kappa shape index (κ3) is 11.7. The highest BCUT2D eigenvalue weighted by molar-refractivity contribution is 5.85. The molecule has 3 nitrogen and oxygen atoms in total. The van der Waals surface area contributed by atoms with Gasteiger partial charge in [-0.2, -0.15) is 0 Å². The summed E-state index contributed by atoms with van der Waals surface area (Å²) in [4.78, 5) is 2.31. The lowest BCUT2D eigenvalue weighted by atomic mass is 10.0. The third-order valence-corrected chi connectivity index (χ3v) is 6.33. The first-order valence-corrected chi connectivity index (χ1v) is 12.8. The number of halogens is 1. The molecule has 0 aliphatic carbocycles. The highest BCUT2D eigenvalue weighted by atomic mass is 35.5. The minimum Gasteiger partial charge on any atom is -0.345 e. The maximum absolute atomic E-state index is 6.37. The van der Waals surface area contributed by atoms with Crippen molar-refractivity contribution in [1.82, 2.24) is 4.90 Å². The zero-order chi connectivity index (χ0) is 21.3. The average Bonchev–Trinajstić information content (AvgIpc) is 2.77. The number of likely N-dealkylation sites (N-methyl/N-ethyl adjacent to an activating group) is 1. The Bertz CT molecular complexity index is 527. The van der Waals surface area contributed by atoms with Crippen LogP contribution in [0.15, 0.2) is 30.3 Å². The van der Waals surface area contributed by atoms with Gasteiger partial charge in [-0.15, -0.1) is 12.4 Å². The summed E-state index contributed by atoms with van der Waals surface area (Å²) in [5.74, 6) is -0.592. The van der Waals surface area contributed by atoms with Crippen LogP contribution < -0.4 is 0 Å². The van der Waals surface area contributed by atoms with Crippen LogP contribution in [0.4, 0.5) is 0 Å². The van der Waals surface area contributed by atoms with Crippen molar-refractivity contribution in [2.45, 2.75) is 103 Å². The predicted molar refractivity (Wildman–Crippen MR) is 135 cm³/mol. The molecule has 180 valence electrons. The van der Waals surface area contributed by atoms with Gasteiger partial charge in [0.1, 0.15) is 0 Å². The van der Waals surface area contributed by atoms with Crippen LogP contribution in [0.25, 0.3) is 0 Å². The van der Waals surface area contributed by atoms with Crippen LogP contribution >= 0.6 is 12.4 Å². The van der Waals surface area contributed by atoms with Gasteiger partial charge < -0.3 is 9.47 Å². The molecule has 1 heterocycles. The maximum Gasteiger partial charge on any atom is 0.208 e. The van der Waals surface area contributed by atoms with Crippen molar-refractivity contribution in [3.05, 3.63) is 35.9 Å². The number of benzene rings is 1. The molecule has 0 N–H and O–H groups in total. The lowest BCUT2D eigenvalue weighted by Gasteiger charge is -2.41. The van der Waals surface area contributed by atoms with Gasteiger partial charge in [-0.3, -0.25) is 4.90 Å². The summed E-state index contributed by atoms with van der Waals surface area (Å²) in [6.07, 6.45) is 19.3. The van der Waals surface area contributed by atoms with E-state index in [1.165, 1.54) is 83.5 Å². The molecule has 1 aromatic carbocycles. The summed E-state index contributed by atoms with van der Waals surface area (Å²) in [7, 11) is 2.15. The number of ether oxygens (including phenoxy) is 2. The van der Waals surface area contributed by atoms with Crippen molar-refractivity contribution in [2.75, 3.05) is 33.4 Å². The van der Waals surface area contributed by atoms with Gasteiger partial charge in [0.15, 0.2) is 0 Å². The van der Waals surface area contributed by atoms with Crippen LogP contribution in [0, 0.1) is 0 Å². The molecule has 31 heavy (non-hydrogen) atoms. The largest absolute Gasteiger partial charge is 0.345 e. The fourth-order valence-corrected chi connectivity index (χ4v) is 4.42. The van der Waals surface area contributed by atoms with Crippen molar-refractivity contribution in [1.29, 1.82) is 0 Å². The molecule has 0 aromatic heterocycles. The quantitative estimate of drug-likeness (QED) is 0.225. The van der Waals surface area contributed by atoms with E-state index in [-0.39, 0.29) is 12.4 Å². The summed E-state index contributed by atoms with van der Waals surface area (Å²) in [5, 5.41) is 0. The van der Waals surface area contributed by atoms with Gasteiger partial charge in [0, 0.05) is 12.1 Å². The maximum atomic E-state index is 6.37. The van der Waals surface area contributed by atoms with E-state index in [0.29, 0.717) is 0 Å². The summed E-state index contributed by atoms with van der Waals surface area (Å²) < 4.78 is 12.5. The Morgan fingerprint density at radius 1 is 0.806 bits per heavy atom. The van der Waals surface area contributed by atoms with E-state index in [4.69, 9.17) is 9.47 Å². The van der Waals surface area contributed by atoms with E-state index < -0.39 is 5.79 Å². The van der Waals surface area contributed by atoms with Gasteiger partial charge in [0.25, 0.3) is 0 Å². The lowest BCUT2D eigenvalue weighted by molar-refractivity contribution is -0.274. The second-order valence-corrected chi connectivity index (χ2v) is 9.15. The van der Waals surface area contributed by atoms with E-state index >= 15 is 0 Å². The minimum absolute atomic E-state index is 0. The molecule has 0 radical (unpaired) electrons. The number of hydrogen-bond acceptors (Lipinski definition) is 3. The molecule has 1 atom stereocenters.